The van der Waals surface area contributed by atoms with Crippen LogP contribution in [0.15, 0.2) is 42.5 Å². The van der Waals surface area contributed by atoms with E-state index in [0.29, 0.717) is 5.69 Å². The van der Waals surface area contributed by atoms with Crippen molar-refractivity contribution in [3.63, 3.8) is 0 Å². The van der Waals surface area contributed by atoms with Gasteiger partial charge in [-0.15, -0.1) is 0 Å². The average molecular weight is 323 g/mol. The molecule has 0 saturated heterocycles. The topological polar surface area (TPSA) is 66.8 Å². The minimum atomic E-state index is -2.43. The summed E-state index contributed by atoms with van der Waals surface area (Å²) in [6.45, 7) is 1.88. The van der Waals surface area contributed by atoms with Gasteiger partial charge in [0.05, 0.1) is 24.0 Å². The zero-order chi connectivity index (χ0) is 16.3. The number of hydrogen-bond acceptors (Lipinski definition) is 3. The number of carbonyl (C=O) groups excluding carboxylic acids is 1. The number of carbonyl (C=O) groups is 1. The van der Waals surface area contributed by atoms with Gasteiger partial charge in [-0.25, -0.2) is 17.7 Å². The van der Waals surface area contributed by atoms with Crippen LogP contribution in [0, 0.1) is 12.7 Å². The molecule has 116 valence electrons. The molecule has 22 heavy (non-hydrogen) atoms. The molecule has 0 fully saturated rings. The minimum Gasteiger partial charge on any atom is -0.465 e. The second-order valence-electron chi connectivity index (χ2n) is 4.55. The van der Waals surface area contributed by atoms with E-state index in [4.69, 9.17) is 0 Å². The number of benzene rings is 2. The molecule has 0 aliphatic rings. The maximum Gasteiger partial charge on any atom is 0.338 e. The molecule has 5 nitrogen and oxygen atoms in total. The smallest absolute Gasteiger partial charge is 0.338 e. The lowest BCUT2D eigenvalue weighted by Gasteiger charge is -2.20. The molecule has 1 N–H and O–H groups in total. The molecule has 1 unspecified atom stereocenters. The Morgan fingerprint density at radius 2 is 1.82 bits per heavy atom. The van der Waals surface area contributed by atoms with Gasteiger partial charge in [0.2, 0.25) is 0 Å². The lowest BCUT2D eigenvalue weighted by molar-refractivity contribution is 0.0600. The molecule has 0 radical (unpaired) electrons. The summed E-state index contributed by atoms with van der Waals surface area (Å²) in [6.07, 6.45) is 0. The minimum absolute atomic E-state index is 0.0416. The molecule has 0 aromatic heterocycles. The summed E-state index contributed by atoms with van der Waals surface area (Å²) in [5.41, 5.74) is 1.40. The summed E-state index contributed by atoms with van der Waals surface area (Å²) >= 11 is -2.43. The van der Waals surface area contributed by atoms with E-state index in [2.05, 4.69) is 4.74 Å². The predicted molar refractivity (Wildman–Crippen MR) is 81.8 cm³/mol. The fraction of sp³-hybridized carbons (Fsp3) is 0.133. The Kier molecular flexibility index (Phi) is 4.89. The van der Waals surface area contributed by atoms with E-state index in [1.165, 1.54) is 13.2 Å². The van der Waals surface area contributed by atoms with Gasteiger partial charge in [0, 0.05) is 0 Å². The zero-order valence-corrected chi connectivity index (χ0v) is 12.8. The monoisotopic (exact) mass is 323 g/mol. The molecular formula is C15H14FNO4S. The summed E-state index contributed by atoms with van der Waals surface area (Å²) < 4.78 is 40.4. The van der Waals surface area contributed by atoms with Crippen LogP contribution in [-0.4, -0.2) is 21.8 Å². The van der Waals surface area contributed by atoms with Crippen LogP contribution in [0.5, 0.6) is 0 Å². The van der Waals surface area contributed by atoms with Crippen molar-refractivity contribution in [1.82, 2.24) is 0 Å². The van der Waals surface area contributed by atoms with Gasteiger partial charge >= 0.3 is 5.97 Å². The molecule has 0 aliphatic carbocycles. The summed E-state index contributed by atoms with van der Waals surface area (Å²) in [4.78, 5) is 11.5. The van der Waals surface area contributed by atoms with E-state index in [-0.39, 0.29) is 11.3 Å². The number of methoxy groups -OCH3 is 1. The van der Waals surface area contributed by atoms with Crippen LogP contribution < -0.4 is 4.31 Å². The molecule has 1 atom stereocenters. The zero-order valence-electron chi connectivity index (χ0n) is 11.9. The van der Waals surface area contributed by atoms with Crippen molar-refractivity contribution in [3.8, 4) is 0 Å². The van der Waals surface area contributed by atoms with Gasteiger partial charge < -0.3 is 4.74 Å². The number of rotatable bonds is 4. The second-order valence-corrected chi connectivity index (χ2v) is 5.38. The normalized spacial score (nSPS) is 11.8. The summed E-state index contributed by atoms with van der Waals surface area (Å²) in [6, 6.07) is 10.1. The van der Waals surface area contributed by atoms with Gasteiger partial charge in [-0.1, -0.05) is 17.7 Å². The van der Waals surface area contributed by atoms with Crippen molar-refractivity contribution in [3.05, 3.63) is 59.4 Å². The molecule has 2 aromatic rings. The van der Waals surface area contributed by atoms with Gasteiger partial charge in [0.25, 0.3) is 11.3 Å². The lowest BCUT2D eigenvalue weighted by Crippen LogP contribution is -2.20. The Labute approximate surface area is 129 Å². The molecule has 2 aromatic carbocycles. The van der Waals surface area contributed by atoms with Crippen LogP contribution >= 0.6 is 0 Å². The van der Waals surface area contributed by atoms with Crippen molar-refractivity contribution < 1.29 is 22.7 Å². The fourth-order valence-electron chi connectivity index (χ4n) is 1.94. The second kappa shape index (κ2) is 6.67. The third-order valence-corrected chi connectivity index (χ3v) is 3.70. The van der Waals surface area contributed by atoms with Crippen LogP contribution in [0.4, 0.5) is 15.8 Å². The predicted octanol–water partition coefficient (Wildman–Crippen LogP) is 3.20. The number of halogens is 1. The van der Waals surface area contributed by atoms with Crippen LogP contribution in [0.3, 0.4) is 0 Å². The first-order valence-electron chi connectivity index (χ1n) is 6.29. The fourth-order valence-corrected chi connectivity index (χ4v) is 2.52. The third kappa shape index (κ3) is 3.49. The van der Waals surface area contributed by atoms with Crippen LogP contribution in [0.1, 0.15) is 15.9 Å². The van der Waals surface area contributed by atoms with Gasteiger partial charge in [0.15, 0.2) is 0 Å². The standard InChI is InChI=1S/C15H14FNO4S/c1-10-3-5-13(6-4-10)17(22(19)20)14-8-11(15(18)21-2)7-12(16)9-14/h3-9H,1-2H3,(H,19,20). The molecule has 0 aliphatic heterocycles. The van der Waals surface area contributed by atoms with Crippen molar-refractivity contribution in [2.24, 2.45) is 0 Å². The van der Waals surface area contributed by atoms with E-state index in [9.17, 15) is 17.9 Å². The van der Waals surface area contributed by atoms with E-state index in [1.54, 1.807) is 24.3 Å². The molecule has 2 rings (SSSR count). The highest BCUT2D eigenvalue weighted by molar-refractivity contribution is 7.81. The summed E-state index contributed by atoms with van der Waals surface area (Å²) in [7, 11) is 1.18. The molecule has 7 heteroatoms. The first kappa shape index (κ1) is 16.1. The highest BCUT2D eigenvalue weighted by Crippen LogP contribution is 2.29. The maximum atomic E-state index is 13.7. The number of hydrogen-bond donors (Lipinski definition) is 1. The Hall–Kier alpha value is -2.25. The first-order chi connectivity index (χ1) is 10.4. The lowest BCUT2D eigenvalue weighted by atomic mass is 10.1. The van der Waals surface area contributed by atoms with Crippen molar-refractivity contribution in [2.75, 3.05) is 11.4 Å². The van der Waals surface area contributed by atoms with Gasteiger partial charge in [-0.2, -0.15) is 0 Å². The highest BCUT2D eigenvalue weighted by atomic mass is 32.2. The van der Waals surface area contributed by atoms with Gasteiger partial charge in [-0.3, -0.25) is 4.55 Å². The molecular weight excluding hydrogens is 309 g/mol. The molecule has 0 heterocycles. The SMILES string of the molecule is COC(=O)c1cc(F)cc(N(c2ccc(C)cc2)S(=O)O)c1. The number of ether oxygens (including phenoxy) is 1. The third-order valence-electron chi connectivity index (χ3n) is 2.96. The van der Waals surface area contributed by atoms with Gasteiger partial charge in [-0.05, 0) is 37.3 Å². The van der Waals surface area contributed by atoms with Gasteiger partial charge in [0.1, 0.15) is 5.82 Å². The van der Waals surface area contributed by atoms with Crippen LogP contribution in [0.25, 0.3) is 0 Å². The highest BCUT2D eigenvalue weighted by Gasteiger charge is 2.18. The first-order valence-corrected chi connectivity index (χ1v) is 7.35. The number of anilines is 2. The quantitative estimate of drug-likeness (QED) is 0.693. The van der Waals surface area contributed by atoms with E-state index in [1.807, 2.05) is 6.92 Å². The molecule has 0 saturated carbocycles. The van der Waals surface area contributed by atoms with Crippen molar-refractivity contribution in [1.29, 1.82) is 0 Å². The Balaban J connectivity index is 2.53. The molecule has 0 bridgehead atoms. The van der Waals surface area contributed by atoms with Crippen molar-refractivity contribution in [2.45, 2.75) is 6.92 Å². The van der Waals surface area contributed by atoms with E-state index < -0.39 is 23.1 Å². The summed E-state index contributed by atoms with van der Waals surface area (Å²) in [5.74, 6) is -1.44. The molecule has 0 amide bonds. The van der Waals surface area contributed by atoms with Crippen LogP contribution in [0.2, 0.25) is 0 Å². The largest absolute Gasteiger partial charge is 0.465 e. The number of aryl methyl sites for hydroxylation is 1. The number of nitrogens with zero attached hydrogens (tertiary/aromatic N) is 1. The molecule has 0 spiro atoms. The number of esters is 1. The van der Waals surface area contributed by atoms with Crippen molar-refractivity contribution >= 4 is 28.6 Å². The Bertz CT molecular complexity index is 718. The van der Waals surface area contributed by atoms with E-state index in [0.717, 1.165) is 22.0 Å². The Morgan fingerprint density at radius 1 is 1.18 bits per heavy atom. The maximum absolute atomic E-state index is 13.7. The average Bonchev–Trinajstić information content (AvgIpc) is 2.47. The summed E-state index contributed by atoms with van der Waals surface area (Å²) in [5, 5.41) is 0. The van der Waals surface area contributed by atoms with E-state index >= 15 is 0 Å². The van der Waals surface area contributed by atoms with Crippen LogP contribution in [-0.2, 0) is 16.0 Å². The Morgan fingerprint density at radius 3 is 2.36 bits per heavy atom.